The van der Waals surface area contributed by atoms with Crippen LogP contribution in [0.1, 0.15) is 27.9 Å². The van der Waals surface area contributed by atoms with Crippen molar-refractivity contribution in [3.63, 3.8) is 0 Å². The highest BCUT2D eigenvalue weighted by Crippen LogP contribution is 2.23. The summed E-state index contributed by atoms with van der Waals surface area (Å²) in [5.74, 6) is 0.148. The lowest BCUT2D eigenvalue weighted by Crippen LogP contribution is -2.07. The van der Waals surface area contributed by atoms with Crippen molar-refractivity contribution in [1.82, 2.24) is 9.97 Å². The lowest BCUT2D eigenvalue weighted by molar-refractivity contribution is 0.103. The van der Waals surface area contributed by atoms with Crippen molar-refractivity contribution in [3.8, 4) is 5.88 Å². The van der Waals surface area contributed by atoms with Crippen LogP contribution in [0.3, 0.4) is 0 Å². The van der Waals surface area contributed by atoms with Crippen molar-refractivity contribution in [2.24, 2.45) is 0 Å². The van der Waals surface area contributed by atoms with E-state index >= 15 is 0 Å². The molecule has 0 amide bonds. The summed E-state index contributed by atoms with van der Waals surface area (Å²) in [6.07, 6.45) is 3.83. The monoisotopic (exact) mass is 248 g/mol. The van der Waals surface area contributed by atoms with Crippen molar-refractivity contribution in [3.05, 3.63) is 40.0 Å². The van der Waals surface area contributed by atoms with E-state index in [4.69, 9.17) is 4.74 Å². The van der Waals surface area contributed by atoms with Crippen LogP contribution in [0.5, 0.6) is 5.88 Å². The Morgan fingerprint density at radius 1 is 1.41 bits per heavy atom. The van der Waals surface area contributed by atoms with Gasteiger partial charge in [-0.05, 0) is 23.4 Å². The van der Waals surface area contributed by atoms with Crippen molar-refractivity contribution in [2.75, 3.05) is 7.11 Å². The van der Waals surface area contributed by atoms with E-state index in [1.807, 2.05) is 18.4 Å². The number of nitrogens with zero attached hydrogens (tertiary/aromatic N) is 2. The normalized spacial score (nSPS) is 10.2. The lowest BCUT2D eigenvalue weighted by atomic mass is 10.1. The molecule has 0 spiro atoms. The minimum atomic E-state index is -0.123. The van der Waals surface area contributed by atoms with Crippen molar-refractivity contribution in [2.45, 2.75) is 13.3 Å². The number of rotatable bonds is 4. The SMILES string of the molecule is CCc1ccsc1C(=O)c1nccnc1OC. The molecule has 0 aliphatic carbocycles. The van der Waals surface area contributed by atoms with Gasteiger partial charge >= 0.3 is 0 Å². The number of ketones is 1. The van der Waals surface area contributed by atoms with Gasteiger partial charge in [0.15, 0.2) is 5.69 Å². The Kier molecular flexibility index (Phi) is 3.49. The van der Waals surface area contributed by atoms with Gasteiger partial charge in [0.2, 0.25) is 11.7 Å². The molecule has 4 nitrogen and oxygen atoms in total. The van der Waals surface area contributed by atoms with Crippen LogP contribution >= 0.6 is 11.3 Å². The van der Waals surface area contributed by atoms with Crippen LogP contribution in [0.4, 0.5) is 0 Å². The number of methoxy groups -OCH3 is 1. The highest BCUT2D eigenvalue weighted by Gasteiger charge is 2.20. The van der Waals surface area contributed by atoms with E-state index in [1.54, 1.807) is 0 Å². The van der Waals surface area contributed by atoms with Gasteiger partial charge in [0.05, 0.1) is 12.0 Å². The van der Waals surface area contributed by atoms with E-state index in [0.29, 0.717) is 4.88 Å². The first-order chi connectivity index (χ1) is 8.27. The van der Waals surface area contributed by atoms with Crippen LogP contribution in [-0.4, -0.2) is 22.9 Å². The number of ether oxygens (including phenoxy) is 1. The molecule has 17 heavy (non-hydrogen) atoms. The summed E-state index contributed by atoms with van der Waals surface area (Å²) in [7, 11) is 1.48. The Morgan fingerprint density at radius 3 is 2.88 bits per heavy atom. The zero-order valence-electron chi connectivity index (χ0n) is 9.64. The molecule has 2 rings (SSSR count). The fourth-order valence-electron chi connectivity index (χ4n) is 1.55. The van der Waals surface area contributed by atoms with Gasteiger partial charge in [-0.15, -0.1) is 11.3 Å². The minimum absolute atomic E-state index is 0.123. The van der Waals surface area contributed by atoms with Crippen LogP contribution < -0.4 is 4.74 Å². The number of hydrogen-bond acceptors (Lipinski definition) is 5. The molecule has 0 saturated carbocycles. The van der Waals surface area contributed by atoms with Crippen molar-refractivity contribution >= 4 is 17.1 Å². The second kappa shape index (κ2) is 5.05. The predicted molar refractivity (Wildman–Crippen MR) is 65.7 cm³/mol. The summed E-state index contributed by atoms with van der Waals surface area (Å²) in [6.45, 7) is 2.02. The largest absolute Gasteiger partial charge is 0.479 e. The Balaban J connectivity index is 2.44. The maximum Gasteiger partial charge on any atom is 0.243 e. The van der Waals surface area contributed by atoms with Gasteiger partial charge in [0, 0.05) is 12.4 Å². The highest BCUT2D eigenvalue weighted by atomic mass is 32.1. The molecule has 2 aromatic heterocycles. The lowest BCUT2D eigenvalue weighted by Gasteiger charge is -2.04. The molecular formula is C12H12N2O2S. The topological polar surface area (TPSA) is 52.1 Å². The maximum absolute atomic E-state index is 12.3. The third-order valence-electron chi connectivity index (χ3n) is 2.41. The van der Waals surface area contributed by atoms with Gasteiger partial charge in [0.1, 0.15) is 0 Å². The molecule has 0 aliphatic rings. The first kappa shape index (κ1) is 11.7. The molecule has 0 unspecified atom stereocenters. The number of carbonyl (C=O) groups excluding carboxylic acids is 1. The van der Waals surface area contributed by atoms with E-state index in [9.17, 15) is 4.79 Å². The van der Waals surface area contributed by atoms with Crippen LogP contribution in [0, 0.1) is 0 Å². The molecule has 2 heterocycles. The molecule has 88 valence electrons. The van der Waals surface area contributed by atoms with E-state index in [2.05, 4.69) is 9.97 Å². The molecular weight excluding hydrogens is 236 g/mol. The fraction of sp³-hybridized carbons (Fsp3) is 0.250. The van der Waals surface area contributed by atoms with Gasteiger partial charge in [-0.3, -0.25) is 4.79 Å². The third-order valence-corrected chi connectivity index (χ3v) is 3.36. The molecule has 0 aliphatic heterocycles. The molecule has 0 atom stereocenters. The average molecular weight is 248 g/mol. The van der Waals surface area contributed by atoms with Crippen LogP contribution in [0.25, 0.3) is 0 Å². The van der Waals surface area contributed by atoms with Gasteiger partial charge in [-0.25, -0.2) is 9.97 Å². The van der Waals surface area contributed by atoms with Crippen LogP contribution in [0.2, 0.25) is 0 Å². The number of carbonyl (C=O) groups is 1. The van der Waals surface area contributed by atoms with Gasteiger partial charge in [-0.2, -0.15) is 0 Å². The van der Waals surface area contributed by atoms with E-state index < -0.39 is 0 Å². The third kappa shape index (κ3) is 2.19. The van der Waals surface area contributed by atoms with Crippen molar-refractivity contribution < 1.29 is 9.53 Å². The Labute approximate surface area is 103 Å². The van der Waals surface area contributed by atoms with Crippen molar-refractivity contribution in [1.29, 1.82) is 0 Å². The molecule has 0 aromatic carbocycles. The fourth-order valence-corrected chi connectivity index (χ4v) is 2.49. The van der Waals surface area contributed by atoms with Crippen LogP contribution in [-0.2, 0) is 6.42 Å². The number of aromatic nitrogens is 2. The maximum atomic E-state index is 12.3. The predicted octanol–water partition coefficient (Wildman–Crippen LogP) is 2.34. The molecule has 0 N–H and O–H groups in total. The van der Waals surface area contributed by atoms with Gasteiger partial charge < -0.3 is 4.74 Å². The summed E-state index contributed by atoms with van der Waals surface area (Å²) in [4.78, 5) is 21.0. The molecule has 0 fully saturated rings. The highest BCUT2D eigenvalue weighted by molar-refractivity contribution is 7.12. The second-order valence-corrected chi connectivity index (χ2v) is 4.29. The second-order valence-electron chi connectivity index (χ2n) is 3.37. The van der Waals surface area contributed by atoms with E-state index in [0.717, 1.165) is 12.0 Å². The first-order valence-corrected chi connectivity index (χ1v) is 6.12. The Bertz CT molecular complexity index is 537. The number of thiophene rings is 1. The molecule has 2 aromatic rings. The summed E-state index contributed by atoms with van der Waals surface area (Å²) in [5, 5.41) is 1.91. The molecule has 0 saturated heterocycles. The zero-order valence-corrected chi connectivity index (χ0v) is 10.5. The van der Waals surface area contributed by atoms with E-state index in [-0.39, 0.29) is 17.4 Å². The zero-order chi connectivity index (χ0) is 12.3. The number of aryl methyl sites for hydroxylation is 1. The standard InChI is InChI=1S/C12H12N2O2S/c1-3-8-4-7-17-11(8)10(15)9-12(16-2)14-6-5-13-9/h4-7H,3H2,1-2H3. The summed E-state index contributed by atoms with van der Waals surface area (Å²) in [6, 6.07) is 1.96. The Hall–Kier alpha value is -1.75. The molecule has 5 heteroatoms. The average Bonchev–Trinajstić information content (AvgIpc) is 2.86. The quantitative estimate of drug-likeness (QED) is 0.779. The first-order valence-electron chi connectivity index (χ1n) is 5.24. The van der Waals surface area contributed by atoms with Gasteiger partial charge in [-0.1, -0.05) is 6.92 Å². The minimum Gasteiger partial charge on any atom is -0.479 e. The number of hydrogen-bond donors (Lipinski definition) is 0. The molecule has 0 radical (unpaired) electrons. The van der Waals surface area contributed by atoms with E-state index in [1.165, 1.54) is 30.8 Å². The molecule has 0 bridgehead atoms. The van der Waals surface area contributed by atoms with Crippen LogP contribution in [0.15, 0.2) is 23.8 Å². The van der Waals surface area contributed by atoms with Gasteiger partial charge in [0.25, 0.3) is 0 Å². The Morgan fingerprint density at radius 2 is 2.18 bits per heavy atom. The smallest absolute Gasteiger partial charge is 0.243 e. The summed E-state index contributed by atoms with van der Waals surface area (Å²) < 4.78 is 5.05. The summed E-state index contributed by atoms with van der Waals surface area (Å²) in [5.41, 5.74) is 1.31. The summed E-state index contributed by atoms with van der Waals surface area (Å²) >= 11 is 1.42.